The molecule has 0 radical (unpaired) electrons. The van der Waals surface area contributed by atoms with Gasteiger partial charge in [-0.15, -0.1) is 0 Å². The van der Waals surface area contributed by atoms with E-state index in [2.05, 4.69) is 7.05 Å². The molecule has 64 valence electrons. The molecular formula is C8H16NO2+. The quantitative estimate of drug-likeness (QED) is 0.531. The molecule has 1 fully saturated rings. The molecule has 0 aliphatic carbocycles. The fraction of sp³-hybridized carbons (Fsp3) is 0.875. The van der Waals surface area contributed by atoms with Crippen molar-refractivity contribution in [2.45, 2.75) is 6.92 Å². The van der Waals surface area contributed by atoms with Gasteiger partial charge in [0.05, 0.1) is 20.3 Å². The normalized spacial score (nSPS) is 23.1. The average molecular weight is 158 g/mol. The van der Waals surface area contributed by atoms with Crippen LogP contribution in [-0.2, 0) is 9.53 Å². The zero-order chi connectivity index (χ0) is 8.32. The van der Waals surface area contributed by atoms with Gasteiger partial charge in [-0.25, -0.2) is 0 Å². The lowest BCUT2D eigenvalue weighted by Crippen LogP contribution is -2.54. The molecule has 1 aliphatic rings. The molecule has 0 aromatic rings. The summed E-state index contributed by atoms with van der Waals surface area (Å²) in [5, 5.41) is 0. The van der Waals surface area contributed by atoms with E-state index in [4.69, 9.17) is 4.74 Å². The number of carbonyl (C=O) groups excluding carboxylic acids is 1. The highest BCUT2D eigenvalue weighted by molar-refractivity contribution is 5.76. The number of Topliss-reactive ketones (excluding diaryl/α,β-unsaturated/α-hetero) is 1. The summed E-state index contributed by atoms with van der Waals surface area (Å²) in [6.07, 6.45) is 0. The second-order valence-electron chi connectivity index (χ2n) is 3.54. The largest absolute Gasteiger partial charge is 0.370 e. The van der Waals surface area contributed by atoms with Gasteiger partial charge in [-0.05, 0) is 0 Å². The van der Waals surface area contributed by atoms with Crippen molar-refractivity contribution in [3.05, 3.63) is 0 Å². The highest BCUT2D eigenvalue weighted by Crippen LogP contribution is 2.06. The molecule has 0 spiro atoms. The van der Waals surface area contributed by atoms with Crippen molar-refractivity contribution in [2.75, 3.05) is 39.9 Å². The number of rotatable bonds is 2. The van der Waals surface area contributed by atoms with E-state index in [1.165, 1.54) is 0 Å². The third kappa shape index (κ3) is 2.60. The van der Waals surface area contributed by atoms with Gasteiger partial charge in [0.1, 0.15) is 19.6 Å². The third-order valence-electron chi connectivity index (χ3n) is 2.16. The lowest BCUT2D eigenvalue weighted by Gasteiger charge is -2.36. The summed E-state index contributed by atoms with van der Waals surface area (Å²) in [6.45, 7) is 5.84. The van der Waals surface area contributed by atoms with Gasteiger partial charge in [0.15, 0.2) is 5.78 Å². The van der Waals surface area contributed by atoms with Crippen LogP contribution >= 0.6 is 0 Å². The van der Waals surface area contributed by atoms with Gasteiger partial charge in [-0.3, -0.25) is 4.79 Å². The zero-order valence-corrected chi connectivity index (χ0v) is 7.30. The van der Waals surface area contributed by atoms with Crippen LogP contribution in [0.15, 0.2) is 0 Å². The van der Waals surface area contributed by atoms with Crippen molar-refractivity contribution in [1.82, 2.24) is 0 Å². The number of ketones is 1. The standard InChI is InChI=1S/C8H16NO2/c1-8(10)7-9(2)3-5-11-6-4-9/h3-7H2,1-2H3/q+1. The van der Waals surface area contributed by atoms with E-state index in [0.717, 1.165) is 30.8 Å². The first-order valence-electron chi connectivity index (χ1n) is 4.03. The minimum atomic E-state index is 0.273. The summed E-state index contributed by atoms with van der Waals surface area (Å²) in [7, 11) is 2.11. The fourth-order valence-electron chi connectivity index (χ4n) is 1.48. The highest BCUT2D eigenvalue weighted by Gasteiger charge is 2.26. The van der Waals surface area contributed by atoms with Crippen molar-refractivity contribution in [3.8, 4) is 0 Å². The molecule has 11 heavy (non-hydrogen) atoms. The van der Waals surface area contributed by atoms with E-state index >= 15 is 0 Å². The summed E-state index contributed by atoms with van der Waals surface area (Å²) in [5.41, 5.74) is 0. The van der Waals surface area contributed by atoms with Gasteiger partial charge < -0.3 is 9.22 Å². The summed E-state index contributed by atoms with van der Waals surface area (Å²) in [6, 6.07) is 0. The van der Waals surface area contributed by atoms with Crippen LogP contribution in [0.25, 0.3) is 0 Å². The second-order valence-corrected chi connectivity index (χ2v) is 3.54. The van der Waals surface area contributed by atoms with E-state index < -0.39 is 0 Å². The van der Waals surface area contributed by atoms with Crippen molar-refractivity contribution < 1.29 is 14.0 Å². The fourth-order valence-corrected chi connectivity index (χ4v) is 1.48. The number of hydrogen-bond acceptors (Lipinski definition) is 2. The van der Waals surface area contributed by atoms with Crippen LogP contribution in [0.4, 0.5) is 0 Å². The Bertz CT molecular complexity index is 150. The summed E-state index contributed by atoms with van der Waals surface area (Å²) in [5.74, 6) is 0.273. The Morgan fingerprint density at radius 2 is 2.00 bits per heavy atom. The number of nitrogens with zero attached hydrogens (tertiary/aromatic N) is 1. The molecule has 0 atom stereocenters. The Hall–Kier alpha value is -0.410. The Kier molecular flexibility index (Phi) is 2.62. The molecule has 3 heteroatoms. The molecule has 0 saturated carbocycles. The van der Waals surface area contributed by atoms with Gasteiger partial charge in [-0.1, -0.05) is 0 Å². The van der Waals surface area contributed by atoms with E-state index in [9.17, 15) is 4.79 Å². The summed E-state index contributed by atoms with van der Waals surface area (Å²) < 4.78 is 6.08. The molecule has 1 rings (SSSR count). The van der Waals surface area contributed by atoms with Crippen LogP contribution < -0.4 is 0 Å². The Labute approximate surface area is 67.5 Å². The molecule has 0 amide bonds. The Balaban J connectivity index is 2.43. The van der Waals surface area contributed by atoms with Crippen LogP contribution in [0.2, 0.25) is 0 Å². The minimum absolute atomic E-state index is 0.273. The molecule has 0 aromatic carbocycles. The summed E-state index contributed by atoms with van der Waals surface area (Å²) >= 11 is 0. The number of likely N-dealkylation sites (N-methyl/N-ethyl adjacent to an activating group) is 1. The maximum Gasteiger partial charge on any atom is 0.183 e. The number of ether oxygens (including phenoxy) is 1. The highest BCUT2D eigenvalue weighted by atomic mass is 16.5. The molecule has 1 saturated heterocycles. The smallest absolute Gasteiger partial charge is 0.183 e. The number of hydrogen-bond donors (Lipinski definition) is 0. The molecule has 0 aromatic heterocycles. The monoisotopic (exact) mass is 158 g/mol. The first-order valence-corrected chi connectivity index (χ1v) is 4.03. The van der Waals surface area contributed by atoms with E-state index in [0.29, 0.717) is 6.54 Å². The minimum Gasteiger partial charge on any atom is -0.370 e. The van der Waals surface area contributed by atoms with Gasteiger partial charge >= 0.3 is 0 Å². The predicted octanol–water partition coefficient (Wildman–Crippen LogP) is 0.0522. The lowest BCUT2D eigenvalue weighted by atomic mass is 10.3. The maximum atomic E-state index is 10.9. The van der Waals surface area contributed by atoms with Crippen LogP contribution in [0.1, 0.15) is 6.92 Å². The molecule has 1 heterocycles. The molecule has 1 aliphatic heterocycles. The topological polar surface area (TPSA) is 26.3 Å². The van der Waals surface area contributed by atoms with E-state index in [1.54, 1.807) is 6.92 Å². The van der Waals surface area contributed by atoms with Gasteiger partial charge in [-0.2, -0.15) is 0 Å². The number of carbonyl (C=O) groups is 1. The van der Waals surface area contributed by atoms with Crippen LogP contribution in [0, 0.1) is 0 Å². The maximum absolute atomic E-state index is 10.9. The SMILES string of the molecule is CC(=O)C[N+]1(C)CCOCC1. The molecule has 0 unspecified atom stereocenters. The van der Waals surface area contributed by atoms with E-state index in [1.807, 2.05) is 0 Å². The summed E-state index contributed by atoms with van der Waals surface area (Å²) in [4.78, 5) is 10.9. The first kappa shape index (κ1) is 8.68. The lowest BCUT2D eigenvalue weighted by molar-refractivity contribution is -0.909. The number of morpholine rings is 1. The van der Waals surface area contributed by atoms with Crippen LogP contribution in [0.3, 0.4) is 0 Å². The molecule has 0 bridgehead atoms. The Morgan fingerprint density at radius 1 is 1.45 bits per heavy atom. The second kappa shape index (κ2) is 3.32. The van der Waals surface area contributed by atoms with Crippen molar-refractivity contribution in [2.24, 2.45) is 0 Å². The van der Waals surface area contributed by atoms with Crippen molar-refractivity contribution in [3.63, 3.8) is 0 Å². The third-order valence-corrected chi connectivity index (χ3v) is 2.16. The molecule has 0 N–H and O–H groups in total. The van der Waals surface area contributed by atoms with Crippen LogP contribution in [0.5, 0.6) is 0 Å². The first-order chi connectivity index (χ1) is 5.12. The van der Waals surface area contributed by atoms with Crippen molar-refractivity contribution in [1.29, 1.82) is 0 Å². The van der Waals surface area contributed by atoms with Gasteiger partial charge in [0, 0.05) is 6.92 Å². The Morgan fingerprint density at radius 3 is 2.45 bits per heavy atom. The predicted molar refractivity (Wildman–Crippen MR) is 42.3 cm³/mol. The van der Waals surface area contributed by atoms with Gasteiger partial charge in [0.25, 0.3) is 0 Å². The van der Waals surface area contributed by atoms with Crippen LogP contribution in [-0.4, -0.2) is 50.2 Å². The zero-order valence-electron chi connectivity index (χ0n) is 7.30. The molecular weight excluding hydrogens is 142 g/mol. The van der Waals surface area contributed by atoms with Crippen molar-refractivity contribution >= 4 is 5.78 Å². The molecule has 3 nitrogen and oxygen atoms in total. The van der Waals surface area contributed by atoms with Gasteiger partial charge in [0.2, 0.25) is 0 Å². The average Bonchev–Trinajstić information content (AvgIpc) is 1.85. The van der Waals surface area contributed by atoms with E-state index in [-0.39, 0.29) is 5.78 Å². The number of quaternary nitrogens is 1.